The Labute approximate surface area is 127 Å². The summed E-state index contributed by atoms with van der Waals surface area (Å²) in [4.78, 5) is 0. The van der Waals surface area contributed by atoms with Crippen LogP contribution >= 0.6 is 0 Å². The van der Waals surface area contributed by atoms with Gasteiger partial charge in [0.05, 0.1) is 11.2 Å². The summed E-state index contributed by atoms with van der Waals surface area (Å²) in [6.07, 6.45) is 0. The van der Waals surface area contributed by atoms with Crippen LogP contribution in [0.15, 0.2) is 18.2 Å². The van der Waals surface area contributed by atoms with Gasteiger partial charge < -0.3 is 19.2 Å². The highest BCUT2D eigenvalue weighted by molar-refractivity contribution is 6.62. The number of hydrogen-bond donors (Lipinski definition) is 1. The number of ether oxygens (including phenoxy) is 1. The van der Waals surface area contributed by atoms with E-state index in [2.05, 4.69) is 0 Å². The highest BCUT2D eigenvalue weighted by Crippen LogP contribution is 2.37. The highest BCUT2D eigenvalue weighted by Gasteiger charge is 2.51. The summed E-state index contributed by atoms with van der Waals surface area (Å²) >= 11 is 0. The van der Waals surface area contributed by atoms with Crippen molar-refractivity contribution in [3.63, 3.8) is 0 Å². The number of phenolic OH excluding ortho intramolecular Hbond substituents is 1. The molecule has 21 heavy (non-hydrogen) atoms. The standard InChI is InChI=1S/C16H25BO4/c1-14(2,3)19-13-10-11(8-9-12(13)18)17-20-15(4,5)16(6,7)21-17/h8-10,18H,1-7H3. The van der Waals surface area contributed by atoms with Gasteiger partial charge in [-0.2, -0.15) is 0 Å². The second-order valence-electron chi connectivity index (χ2n) is 7.53. The smallest absolute Gasteiger partial charge is 0.494 e. The minimum atomic E-state index is -0.460. The molecule has 0 amide bonds. The fourth-order valence-electron chi connectivity index (χ4n) is 2.07. The van der Waals surface area contributed by atoms with Crippen molar-refractivity contribution in [2.75, 3.05) is 0 Å². The van der Waals surface area contributed by atoms with Crippen LogP contribution in [0.4, 0.5) is 0 Å². The predicted molar refractivity (Wildman–Crippen MR) is 84.2 cm³/mol. The molecule has 0 bridgehead atoms. The Kier molecular flexibility index (Phi) is 3.79. The van der Waals surface area contributed by atoms with E-state index in [4.69, 9.17) is 14.0 Å². The Hall–Kier alpha value is -1.20. The molecule has 0 saturated carbocycles. The van der Waals surface area contributed by atoms with Crippen molar-refractivity contribution in [3.8, 4) is 11.5 Å². The van der Waals surface area contributed by atoms with Crippen LogP contribution in [0.3, 0.4) is 0 Å². The van der Waals surface area contributed by atoms with Gasteiger partial charge >= 0.3 is 7.12 Å². The van der Waals surface area contributed by atoms with Gasteiger partial charge in [0.1, 0.15) is 5.60 Å². The van der Waals surface area contributed by atoms with Gasteiger partial charge in [-0.25, -0.2) is 0 Å². The van der Waals surface area contributed by atoms with E-state index in [0.29, 0.717) is 5.75 Å². The first kappa shape index (κ1) is 16.2. The average molecular weight is 292 g/mol. The average Bonchev–Trinajstić information content (AvgIpc) is 2.49. The Morgan fingerprint density at radius 1 is 1.05 bits per heavy atom. The third-order valence-corrected chi connectivity index (χ3v) is 3.93. The Bertz CT molecular complexity index is 516. The van der Waals surface area contributed by atoms with Crippen molar-refractivity contribution >= 4 is 12.6 Å². The van der Waals surface area contributed by atoms with Crippen molar-refractivity contribution < 1.29 is 19.2 Å². The van der Waals surface area contributed by atoms with Crippen LogP contribution in [0.2, 0.25) is 0 Å². The second kappa shape index (κ2) is 4.92. The molecule has 0 spiro atoms. The van der Waals surface area contributed by atoms with Gasteiger partial charge in [-0.05, 0) is 66.1 Å². The van der Waals surface area contributed by atoms with E-state index in [-0.39, 0.29) is 22.6 Å². The quantitative estimate of drug-likeness (QED) is 0.851. The maximum absolute atomic E-state index is 9.94. The van der Waals surface area contributed by atoms with Gasteiger partial charge in [0, 0.05) is 0 Å². The lowest BCUT2D eigenvalue weighted by Gasteiger charge is -2.32. The first-order chi connectivity index (χ1) is 9.41. The zero-order chi connectivity index (χ0) is 16.1. The Morgan fingerprint density at radius 3 is 2.05 bits per heavy atom. The molecule has 2 rings (SSSR count). The molecule has 0 aliphatic carbocycles. The van der Waals surface area contributed by atoms with Crippen molar-refractivity contribution in [2.24, 2.45) is 0 Å². The SMILES string of the molecule is CC(C)(C)Oc1cc(B2OC(C)(C)C(C)(C)O2)ccc1O. The predicted octanol–water partition coefficient (Wildman–Crippen LogP) is 2.87. The van der Waals surface area contributed by atoms with Crippen LogP contribution < -0.4 is 10.2 Å². The fraction of sp³-hybridized carbons (Fsp3) is 0.625. The van der Waals surface area contributed by atoms with Crippen LogP contribution in [0.25, 0.3) is 0 Å². The van der Waals surface area contributed by atoms with Crippen LogP contribution in [0, 0.1) is 0 Å². The fourth-order valence-corrected chi connectivity index (χ4v) is 2.07. The zero-order valence-electron chi connectivity index (χ0n) is 14.0. The largest absolute Gasteiger partial charge is 0.504 e. The summed E-state index contributed by atoms with van der Waals surface area (Å²) in [7, 11) is -0.460. The molecule has 1 heterocycles. The van der Waals surface area contributed by atoms with E-state index < -0.39 is 7.12 Å². The van der Waals surface area contributed by atoms with Crippen LogP contribution in [0.1, 0.15) is 48.5 Å². The van der Waals surface area contributed by atoms with Crippen molar-refractivity contribution in [1.82, 2.24) is 0 Å². The topological polar surface area (TPSA) is 47.9 Å². The minimum Gasteiger partial charge on any atom is -0.504 e. The summed E-state index contributed by atoms with van der Waals surface area (Å²) in [5.74, 6) is 0.555. The molecule has 1 N–H and O–H groups in total. The molecule has 4 nitrogen and oxygen atoms in total. The Morgan fingerprint density at radius 2 is 1.57 bits per heavy atom. The molecule has 1 aliphatic heterocycles. The monoisotopic (exact) mass is 292 g/mol. The number of hydrogen-bond acceptors (Lipinski definition) is 4. The van der Waals surface area contributed by atoms with Crippen molar-refractivity contribution in [2.45, 2.75) is 65.3 Å². The molecule has 116 valence electrons. The lowest BCUT2D eigenvalue weighted by Crippen LogP contribution is -2.41. The molecule has 0 atom stereocenters. The van der Waals surface area contributed by atoms with Gasteiger partial charge in [-0.1, -0.05) is 6.07 Å². The molecule has 1 aromatic rings. The van der Waals surface area contributed by atoms with Crippen molar-refractivity contribution in [3.05, 3.63) is 18.2 Å². The molecule has 0 radical (unpaired) electrons. The summed E-state index contributed by atoms with van der Waals surface area (Å²) in [5, 5.41) is 9.94. The molecular weight excluding hydrogens is 267 g/mol. The minimum absolute atomic E-state index is 0.116. The first-order valence-electron chi connectivity index (χ1n) is 7.29. The van der Waals surface area contributed by atoms with Gasteiger partial charge in [0.25, 0.3) is 0 Å². The molecule has 1 aromatic carbocycles. The third-order valence-electron chi connectivity index (χ3n) is 3.93. The molecule has 1 fully saturated rings. The van der Waals surface area contributed by atoms with E-state index in [9.17, 15) is 5.11 Å². The lowest BCUT2D eigenvalue weighted by molar-refractivity contribution is 0.00578. The van der Waals surface area contributed by atoms with Crippen LogP contribution in [-0.2, 0) is 9.31 Å². The summed E-state index contributed by atoms with van der Waals surface area (Å²) in [6.45, 7) is 13.9. The second-order valence-corrected chi connectivity index (χ2v) is 7.53. The highest BCUT2D eigenvalue weighted by atomic mass is 16.7. The zero-order valence-corrected chi connectivity index (χ0v) is 14.0. The number of phenols is 1. The molecule has 5 heteroatoms. The number of aromatic hydroxyl groups is 1. The van der Waals surface area contributed by atoms with E-state index in [1.54, 1.807) is 18.2 Å². The number of benzene rings is 1. The van der Waals surface area contributed by atoms with E-state index in [1.807, 2.05) is 48.5 Å². The Balaban J connectivity index is 2.29. The molecule has 1 saturated heterocycles. The maximum Gasteiger partial charge on any atom is 0.494 e. The maximum atomic E-state index is 9.94. The summed E-state index contributed by atoms with van der Waals surface area (Å²) in [6, 6.07) is 5.19. The first-order valence-corrected chi connectivity index (χ1v) is 7.29. The number of rotatable bonds is 2. The normalized spacial score (nSPS) is 20.6. The van der Waals surface area contributed by atoms with E-state index >= 15 is 0 Å². The van der Waals surface area contributed by atoms with Gasteiger partial charge in [-0.15, -0.1) is 0 Å². The van der Waals surface area contributed by atoms with Gasteiger partial charge in [0.2, 0.25) is 0 Å². The summed E-state index contributed by atoms with van der Waals surface area (Å²) < 4.78 is 17.8. The molecule has 0 aromatic heterocycles. The van der Waals surface area contributed by atoms with Gasteiger partial charge in [-0.3, -0.25) is 0 Å². The molecule has 1 aliphatic rings. The molecule has 0 unspecified atom stereocenters. The summed E-state index contributed by atoms with van der Waals surface area (Å²) in [5.41, 5.74) is -0.321. The third kappa shape index (κ3) is 3.35. The molecular formula is C16H25BO4. The lowest BCUT2D eigenvalue weighted by atomic mass is 9.79. The van der Waals surface area contributed by atoms with E-state index in [0.717, 1.165) is 5.46 Å². The van der Waals surface area contributed by atoms with Crippen LogP contribution in [-0.4, -0.2) is 29.0 Å². The van der Waals surface area contributed by atoms with Crippen LogP contribution in [0.5, 0.6) is 11.5 Å². The van der Waals surface area contributed by atoms with E-state index in [1.165, 1.54) is 0 Å². The van der Waals surface area contributed by atoms with Crippen molar-refractivity contribution in [1.29, 1.82) is 0 Å². The van der Waals surface area contributed by atoms with Gasteiger partial charge in [0.15, 0.2) is 11.5 Å².